The molecule has 0 fully saturated rings. The summed E-state index contributed by atoms with van der Waals surface area (Å²) in [5.74, 6) is 0.484. The molecule has 1 heterocycles. The van der Waals surface area contributed by atoms with E-state index < -0.39 is 0 Å². The SMILES string of the molecule is C=CCn1c(=NC(=O)c2ccc(OC(C)C)cc2)sc2cc(C)ccc21. The number of thiazole rings is 1. The predicted octanol–water partition coefficient (Wildman–Crippen LogP) is 4.73. The van der Waals surface area contributed by atoms with Crippen LogP contribution < -0.4 is 9.54 Å². The first-order chi connectivity index (χ1) is 12.5. The lowest BCUT2D eigenvalue weighted by Crippen LogP contribution is -2.16. The van der Waals surface area contributed by atoms with Crippen molar-refractivity contribution in [2.45, 2.75) is 33.4 Å². The Balaban J connectivity index is 1.99. The zero-order chi connectivity index (χ0) is 18.7. The van der Waals surface area contributed by atoms with E-state index in [-0.39, 0.29) is 12.0 Å². The number of aryl methyl sites for hydroxylation is 1. The third-order valence-corrected chi connectivity index (χ3v) is 4.86. The second-order valence-electron chi connectivity index (χ2n) is 6.36. The van der Waals surface area contributed by atoms with Gasteiger partial charge in [-0.2, -0.15) is 4.99 Å². The van der Waals surface area contributed by atoms with Crippen molar-refractivity contribution in [2.24, 2.45) is 4.99 Å². The number of amides is 1. The van der Waals surface area contributed by atoms with Gasteiger partial charge in [0.25, 0.3) is 5.91 Å². The Kier molecular flexibility index (Phi) is 5.38. The molecule has 0 bridgehead atoms. The molecular formula is C21H22N2O2S. The van der Waals surface area contributed by atoms with Gasteiger partial charge in [-0.3, -0.25) is 4.79 Å². The van der Waals surface area contributed by atoms with Crippen LogP contribution >= 0.6 is 11.3 Å². The van der Waals surface area contributed by atoms with Gasteiger partial charge in [0, 0.05) is 12.1 Å². The van der Waals surface area contributed by atoms with Crippen molar-refractivity contribution in [3.63, 3.8) is 0 Å². The third kappa shape index (κ3) is 3.94. The number of benzene rings is 2. The maximum Gasteiger partial charge on any atom is 0.279 e. The molecule has 0 aliphatic heterocycles. The molecule has 3 aromatic rings. The molecule has 0 aliphatic carbocycles. The van der Waals surface area contributed by atoms with Crippen molar-refractivity contribution < 1.29 is 9.53 Å². The number of hydrogen-bond acceptors (Lipinski definition) is 3. The topological polar surface area (TPSA) is 43.6 Å². The van der Waals surface area contributed by atoms with Gasteiger partial charge in [-0.05, 0) is 62.7 Å². The first kappa shape index (κ1) is 18.1. The number of hydrogen-bond donors (Lipinski definition) is 0. The Hall–Kier alpha value is -2.66. The summed E-state index contributed by atoms with van der Waals surface area (Å²) in [6.45, 7) is 10.4. The van der Waals surface area contributed by atoms with Gasteiger partial charge in [0.2, 0.25) is 0 Å². The summed E-state index contributed by atoms with van der Waals surface area (Å²) < 4.78 is 8.74. The summed E-state index contributed by atoms with van der Waals surface area (Å²) in [4.78, 5) is 17.6. The Bertz CT molecular complexity index is 1010. The number of carbonyl (C=O) groups is 1. The molecule has 3 rings (SSSR count). The quantitative estimate of drug-likeness (QED) is 0.613. The number of allylic oxidation sites excluding steroid dienone is 1. The van der Waals surface area contributed by atoms with Gasteiger partial charge >= 0.3 is 0 Å². The van der Waals surface area contributed by atoms with Crippen molar-refractivity contribution in [3.05, 3.63) is 71.0 Å². The van der Waals surface area contributed by atoms with Gasteiger partial charge in [-0.25, -0.2) is 0 Å². The second kappa shape index (κ2) is 7.70. The number of fused-ring (bicyclic) bond motifs is 1. The van der Waals surface area contributed by atoms with Crippen molar-refractivity contribution in [1.29, 1.82) is 0 Å². The fourth-order valence-corrected chi connectivity index (χ4v) is 3.81. The first-order valence-corrected chi connectivity index (χ1v) is 9.36. The Morgan fingerprint density at radius 3 is 2.65 bits per heavy atom. The average Bonchev–Trinajstić information content (AvgIpc) is 2.91. The van der Waals surface area contributed by atoms with Gasteiger partial charge in [0.05, 0.1) is 16.3 Å². The molecule has 0 spiro atoms. The molecule has 0 saturated carbocycles. The van der Waals surface area contributed by atoms with Crippen LogP contribution in [0, 0.1) is 6.92 Å². The van der Waals surface area contributed by atoms with Crippen LogP contribution in [0.15, 0.2) is 60.1 Å². The van der Waals surface area contributed by atoms with Crippen LogP contribution in [0.2, 0.25) is 0 Å². The molecule has 0 unspecified atom stereocenters. The van der Waals surface area contributed by atoms with E-state index >= 15 is 0 Å². The number of ether oxygens (including phenoxy) is 1. The van der Waals surface area contributed by atoms with Crippen LogP contribution in [0.5, 0.6) is 5.75 Å². The van der Waals surface area contributed by atoms with Gasteiger partial charge in [0.1, 0.15) is 5.75 Å². The number of aromatic nitrogens is 1. The maximum absolute atomic E-state index is 12.6. The minimum absolute atomic E-state index is 0.0982. The summed E-state index contributed by atoms with van der Waals surface area (Å²) in [5.41, 5.74) is 2.79. The van der Waals surface area contributed by atoms with Crippen molar-refractivity contribution in [2.75, 3.05) is 0 Å². The Morgan fingerprint density at radius 1 is 1.27 bits per heavy atom. The molecule has 0 radical (unpaired) electrons. The molecule has 0 aliphatic rings. The maximum atomic E-state index is 12.6. The Labute approximate surface area is 157 Å². The van der Waals surface area contributed by atoms with E-state index in [1.165, 1.54) is 16.9 Å². The van der Waals surface area contributed by atoms with Crippen LogP contribution in [0.25, 0.3) is 10.2 Å². The highest BCUT2D eigenvalue weighted by Gasteiger charge is 2.09. The lowest BCUT2D eigenvalue weighted by Gasteiger charge is -2.09. The zero-order valence-corrected chi connectivity index (χ0v) is 16.0. The summed E-state index contributed by atoms with van der Waals surface area (Å²) in [7, 11) is 0. The minimum Gasteiger partial charge on any atom is -0.491 e. The lowest BCUT2D eigenvalue weighted by atomic mass is 10.2. The van der Waals surface area contributed by atoms with E-state index in [0.717, 1.165) is 16.0 Å². The van der Waals surface area contributed by atoms with Crippen LogP contribution in [0.3, 0.4) is 0 Å². The zero-order valence-electron chi connectivity index (χ0n) is 15.2. The average molecular weight is 366 g/mol. The van der Waals surface area contributed by atoms with Crippen LogP contribution in [-0.4, -0.2) is 16.6 Å². The number of nitrogens with zero attached hydrogens (tertiary/aromatic N) is 2. The van der Waals surface area contributed by atoms with Crippen LogP contribution in [0.4, 0.5) is 0 Å². The minimum atomic E-state index is -0.262. The summed E-state index contributed by atoms with van der Waals surface area (Å²) in [6, 6.07) is 13.3. The summed E-state index contributed by atoms with van der Waals surface area (Å²) in [6.07, 6.45) is 1.91. The van der Waals surface area contributed by atoms with Crippen molar-refractivity contribution in [3.8, 4) is 5.75 Å². The fourth-order valence-electron chi connectivity index (χ4n) is 2.67. The van der Waals surface area contributed by atoms with E-state index in [9.17, 15) is 4.79 Å². The molecule has 1 aromatic heterocycles. The van der Waals surface area contributed by atoms with E-state index in [0.29, 0.717) is 16.9 Å². The highest BCUT2D eigenvalue weighted by Crippen LogP contribution is 2.19. The predicted molar refractivity (Wildman–Crippen MR) is 107 cm³/mol. The van der Waals surface area contributed by atoms with Gasteiger partial charge in [-0.15, -0.1) is 6.58 Å². The first-order valence-electron chi connectivity index (χ1n) is 8.54. The third-order valence-electron chi connectivity index (χ3n) is 3.82. The van der Waals surface area contributed by atoms with Crippen molar-refractivity contribution >= 4 is 27.5 Å². The normalized spacial score (nSPS) is 11.9. The smallest absolute Gasteiger partial charge is 0.279 e. The monoisotopic (exact) mass is 366 g/mol. The molecule has 4 nitrogen and oxygen atoms in total. The molecule has 1 amide bonds. The Morgan fingerprint density at radius 2 is 2.00 bits per heavy atom. The number of carbonyl (C=O) groups excluding carboxylic acids is 1. The van der Waals surface area contributed by atoms with Crippen LogP contribution in [0.1, 0.15) is 29.8 Å². The molecule has 26 heavy (non-hydrogen) atoms. The summed E-state index contributed by atoms with van der Waals surface area (Å²) >= 11 is 1.52. The van der Waals surface area contributed by atoms with Gasteiger partial charge in [-0.1, -0.05) is 23.5 Å². The van der Waals surface area contributed by atoms with E-state index in [2.05, 4.69) is 36.7 Å². The highest BCUT2D eigenvalue weighted by atomic mass is 32.1. The fraction of sp³-hybridized carbons (Fsp3) is 0.238. The standard InChI is InChI=1S/C21H22N2O2S/c1-5-12-23-18-11-6-15(4)13-19(18)26-21(23)22-20(24)16-7-9-17(10-8-16)25-14(2)3/h5-11,13-14H,1,12H2,2-4H3. The number of rotatable bonds is 5. The molecule has 0 N–H and O–H groups in total. The molecular weight excluding hydrogens is 344 g/mol. The summed E-state index contributed by atoms with van der Waals surface area (Å²) in [5, 5.41) is 0. The largest absolute Gasteiger partial charge is 0.491 e. The molecule has 5 heteroatoms. The highest BCUT2D eigenvalue weighted by molar-refractivity contribution is 7.16. The molecule has 134 valence electrons. The van der Waals surface area contributed by atoms with E-state index in [4.69, 9.17) is 4.74 Å². The van der Waals surface area contributed by atoms with Gasteiger partial charge < -0.3 is 9.30 Å². The molecule has 2 aromatic carbocycles. The molecule has 0 saturated heterocycles. The van der Waals surface area contributed by atoms with Gasteiger partial charge in [0.15, 0.2) is 4.80 Å². The van der Waals surface area contributed by atoms with E-state index in [1.807, 2.05) is 24.5 Å². The van der Waals surface area contributed by atoms with Crippen LogP contribution in [-0.2, 0) is 6.54 Å². The molecule has 0 atom stereocenters. The van der Waals surface area contributed by atoms with E-state index in [1.54, 1.807) is 24.3 Å². The second-order valence-corrected chi connectivity index (χ2v) is 7.37. The van der Waals surface area contributed by atoms with Crippen molar-refractivity contribution in [1.82, 2.24) is 4.57 Å². The lowest BCUT2D eigenvalue weighted by molar-refractivity contribution is 0.0998.